The molecule has 0 spiro atoms. The highest BCUT2D eigenvalue weighted by molar-refractivity contribution is 5.88. The lowest BCUT2D eigenvalue weighted by atomic mass is 10.2. The summed E-state index contributed by atoms with van der Waals surface area (Å²) in [6.45, 7) is 1.42. The number of aliphatic hydroxyl groups excluding tert-OH is 1. The minimum absolute atomic E-state index is 0.101. The molecule has 0 atom stereocenters. The topological polar surface area (TPSA) is 78.6 Å². The summed E-state index contributed by atoms with van der Waals surface area (Å²) in [7, 11) is 1.92. The molecule has 1 aromatic heterocycles. The largest absolute Gasteiger partial charge is 0.477 e. The minimum atomic E-state index is -0.979. The quantitative estimate of drug-likeness (QED) is 0.706. The first-order valence-corrected chi connectivity index (χ1v) is 4.74. The van der Waals surface area contributed by atoms with E-state index in [1.807, 2.05) is 11.9 Å². The molecule has 0 aromatic carbocycles. The third-order valence-corrected chi connectivity index (χ3v) is 2.50. The Morgan fingerprint density at radius 1 is 1.53 bits per heavy atom. The van der Waals surface area contributed by atoms with Crippen molar-refractivity contribution in [3.05, 3.63) is 17.0 Å². The summed E-state index contributed by atoms with van der Waals surface area (Å²) in [5.41, 5.74) is 1.80. The summed E-state index contributed by atoms with van der Waals surface area (Å²) in [6.07, 6.45) is 0. The second-order valence-corrected chi connectivity index (χ2v) is 3.70. The summed E-state index contributed by atoms with van der Waals surface area (Å²) >= 11 is 0. The number of hydrogen-bond donors (Lipinski definition) is 2. The van der Waals surface area contributed by atoms with Crippen molar-refractivity contribution in [1.29, 1.82) is 0 Å². The molecule has 1 aliphatic heterocycles. The van der Waals surface area contributed by atoms with Gasteiger partial charge in [-0.15, -0.1) is 0 Å². The fourth-order valence-electron chi connectivity index (χ4n) is 1.92. The molecule has 0 amide bonds. The Morgan fingerprint density at radius 3 is 2.87 bits per heavy atom. The molecule has 0 aliphatic carbocycles. The van der Waals surface area contributed by atoms with E-state index in [9.17, 15) is 4.79 Å². The predicted molar refractivity (Wildman–Crippen MR) is 51.4 cm³/mol. The molecule has 6 heteroatoms. The van der Waals surface area contributed by atoms with Gasteiger partial charge in [0, 0.05) is 18.7 Å². The molecule has 0 saturated heterocycles. The first-order valence-electron chi connectivity index (χ1n) is 4.74. The highest BCUT2D eigenvalue weighted by Gasteiger charge is 2.28. The Hall–Kier alpha value is -1.40. The van der Waals surface area contributed by atoms with Gasteiger partial charge in [0.2, 0.25) is 0 Å². The standard InChI is InChI=1S/C9H13N3O3/c1-11-4-6-7(5-11)10-12(2-3-13)8(6)9(14)15/h13H,2-5H2,1H3,(H,14,15). The van der Waals surface area contributed by atoms with Crippen LogP contribution in [0.1, 0.15) is 21.7 Å². The highest BCUT2D eigenvalue weighted by Crippen LogP contribution is 2.24. The number of aromatic nitrogens is 2. The third-order valence-electron chi connectivity index (χ3n) is 2.50. The van der Waals surface area contributed by atoms with Crippen LogP contribution in [0.2, 0.25) is 0 Å². The Balaban J connectivity index is 2.43. The van der Waals surface area contributed by atoms with Gasteiger partial charge in [0.15, 0.2) is 5.69 Å². The fraction of sp³-hybridized carbons (Fsp3) is 0.556. The van der Waals surface area contributed by atoms with E-state index < -0.39 is 5.97 Å². The number of carboxylic acids is 1. The van der Waals surface area contributed by atoms with Crippen LogP contribution in [0.3, 0.4) is 0 Å². The Kier molecular flexibility index (Phi) is 2.45. The van der Waals surface area contributed by atoms with Gasteiger partial charge in [0.1, 0.15) is 0 Å². The SMILES string of the molecule is CN1Cc2nn(CCO)c(C(=O)O)c2C1. The fourth-order valence-corrected chi connectivity index (χ4v) is 1.92. The average Bonchev–Trinajstić information content (AvgIpc) is 2.59. The van der Waals surface area contributed by atoms with Gasteiger partial charge in [-0.2, -0.15) is 5.10 Å². The maximum atomic E-state index is 11.1. The van der Waals surface area contributed by atoms with Crippen molar-refractivity contribution >= 4 is 5.97 Å². The van der Waals surface area contributed by atoms with E-state index in [2.05, 4.69) is 5.10 Å². The number of rotatable bonds is 3. The van der Waals surface area contributed by atoms with Gasteiger partial charge in [-0.1, -0.05) is 0 Å². The summed E-state index contributed by atoms with van der Waals surface area (Å²) in [6, 6.07) is 0. The van der Waals surface area contributed by atoms with E-state index in [0.717, 1.165) is 11.3 Å². The van der Waals surface area contributed by atoms with Crippen molar-refractivity contribution in [1.82, 2.24) is 14.7 Å². The van der Waals surface area contributed by atoms with Crippen molar-refractivity contribution in [2.45, 2.75) is 19.6 Å². The van der Waals surface area contributed by atoms with Gasteiger partial charge in [0.05, 0.1) is 18.8 Å². The van der Waals surface area contributed by atoms with Crippen LogP contribution in [-0.2, 0) is 19.6 Å². The van der Waals surface area contributed by atoms with E-state index in [-0.39, 0.29) is 18.8 Å². The highest BCUT2D eigenvalue weighted by atomic mass is 16.4. The first-order chi connectivity index (χ1) is 7.13. The van der Waals surface area contributed by atoms with Crippen LogP contribution in [0.25, 0.3) is 0 Å². The zero-order chi connectivity index (χ0) is 11.0. The Labute approximate surface area is 86.7 Å². The van der Waals surface area contributed by atoms with Gasteiger partial charge in [-0.25, -0.2) is 4.79 Å². The average molecular weight is 211 g/mol. The summed E-state index contributed by atoms with van der Waals surface area (Å²) < 4.78 is 1.38. The smallest absolute Gasteiger partial charge is 0.354 e. The maximum Gasteiger partial charge on any atom is 0.354 e. The number of hydrogen-bond acceptors (Lipinski definition) is 4. The molecular formula is C9H13N3O3. The lowest BCUT2D eigenvalue weighted by Gasteiger charge is -2.08. The van der Waals surface area contributed by atoms with Gasteiger partial charge < -0.3 is 10.2 Å². The molecule has 1 aromatic rings. The molecule has 15 heavy (non-hydrogen) atoms. The molecule has 1 aliphatic rings. The molecule has 0 unspecified atom stereocenters. The van der Waals surface area contributed by atoms with Crippen molar-refractivity contribution < 1.29 is 15.0 Å². The molecule has 0 fully saturated rings. The van der Waals surface area contributed by atoms with Gasteiger partial charge >= 0.3 is 5.97 Å². The number of nitrogens with zero attached hydrogens (tertiary/aromatic N) is 3. The van der Waals surface area contributed by atoms with Crippen LogP contribution in [0, 0.1) is 0 Å². The van der Waals surface area contributed by atoms with E-state index in [4.69, 9.17) is 10.2 Å². The third kappa shape index (κ3) is 1.62. The van der Waals surface area contributed by atoms with E-state index in [1.54, 1.807) is 0 Å². The molecule has 82 valence electrons. The van der Waals surface area contributed by atoms with E-state index >= 15 is 0 Å². The van der Waals surface area contributed by atoms with Crippen molar-refractivity contribution in [3.63, 3.8) is 0 Å². The van der Waals surface area contributed by atoms with Gasteiger partial charge in [-0.05, 0) is 7.05 Å². The van der Waals surface area contributed by atoms with Crippen LogP contribution < -0.4 is 0 Å². The maximum absolute atomic E-state index is 11.1. The molecular weight excluding hydrogens is 198 g/mol. The molecule has 0 radical (unpaired) electrons. The monoisotopic (exact) mass is 211 g/mol. The summed E-state index contributed by atoms with van der Waals surface area (Å²) in [5.74, 6) is -0.979. The number of carboxylic acid groups (broad SMARTS) is 1. The van der Waals surface area contributed by atoms with Gasteiger partial charge in [-0.3, -0.25) is 9.58 Å². The Morgan fingerprint density at radius 2 is 2.27 bits per heavy atom. The second kappa shape index (κ2) is 3.63. The predicted octanol–water partition coefficient (Wildman–Crippen LogP) is -0.481. The second-order valence-electron chi connectivity index (χ2n) is 3.70. The zero-order valence-electron chi connectivity index (χ0n) is 8.47. The van der Waals surface area contributed by atoms with E-state index in [0.29, 0.717) is 13.1 Å². The van der Waals surface area contributed by atoms with Crippen LogP contribution in [0.5, 0.6) is 0 Å². The zero-order valence-corrected chi connectivity index (χ0v) is 8.47. The number of fused-ring (bicyclic) bond motifs is 1. The van der Waals surface area contributed by atoms with Crippen LogP contribution in [0.15, 0.2) is 0 Å². The van der Waals surface area contributed by atoms with Crippen LogP contribution >= 0.6 is 0 Å². The molecule has 2 rings (SSSR count). The molecule has 6 nitrogen and oxygen atoms in total. The van der Waals surface area contributed by atoms with E-state index in [1.165, 1.54) is 4.68 Å². The molecule has 0 bridgehead atoms. The normalized spacial score (nSPS) is 15.6. The number of aromatic carboxylic acids is 1. The molecule has 2 heterocycles. The summed E-state index contributed by atoms with van der Waals surface area (Å²) in [4.78, 5) is 13.1. The van der Waals surface area contributed by atoms with Crippen LogP contribution in [-0.4, -0.2) is 44.5 Å². The van der Waals surface area contributed by atoms with Gasteiger partial charge in [0.25, 0.3) is 0 Å². The first kappa shape index (κ1) is 10.1. The lowest BCUT2D eigenvalue weighted by molar-refractivity contribution is 0.0679. The number of aliphatic hydroxyl groups is 1. The van der Waals surface area contributed by atoms with Crippen molar-refractivity contribution in [2.24, 2.45) is 0 Å². The number of carbonyl (C=O) groups is 1. The lowest BCUT2D eigenvalue weighted by Crippen LogP contribution is -2.17. The molecule has 0 saturated carbocycles. The van der Waals surface area contributed by atoms with Crippen molar-refractivity contribution in [3.8, 4) is 0 Å². The summed E-state index contributed by atoms with van der Waals surface area (Å²) in [5, 5.41) is 22.1. The van der Waals surface area contributed by atoms with Crippen molar-refractivity contribution in [2.75, 3.05) is 13.7 Å². The van der Waals surface area contributed by atoms with Crippen LogP contribution in [0.4, 0.5) is 0 Å². The minimum Gasteiger partial charge on any atom is -0.477 e. The Bertz CT molecular complexity index is 400. The molecule has 2 N–H and O–H groups in total.